The van der Waals surface area contributed by atoms with Crippen molar-refractivity contribution in [3.05, 3.63) is 18.2 Å². The molecule has 3 N–H and O–H groups in total. The highest BCUT2D eigenvalue weighted by Gasteiger charge is 2.12. The summed E-state index contributed by atoms with van der Waals surface area (Å²) in [4.78, 5) is 15.8. The number of fused-ring (bicyclic) bond motifs is 1. The third-order valence-electron chi connectivity index (χ3n) is 2.25. The molecule has 1 aromatic heterocycles. The predicted molar refractivity (Wildman–Crippen MR) is 75.7 cm³/mol. The van der Waals surface area contributed by atoms with Crippen LogP contribution in [0.25, 0.3) is 10.2 Å². The Kier molecular flexibility index (Phi) is 4.89. The molecule has 0 aliphatic carbocycles. The molecular weight excluding hydrogens is 274 g/mol. The summed E-state index contributed by atoms with van der Waals surface area (Å²) >= 11 is 1.39. The van der Waals surface area contributed by atoms with Crippen LogP contribution in [0.15, 0.2) is 18.2 Å². The summed E-state index contributed by atoms with van der Waals surface area (Å²) in [7, 11) is 1.59. The van der Waals surface area contributed by atoms with Crippen LogP contribution in [-0.2, 0) is 4.79 Å². The van der Waals surface area contributed by atoms with E-state index in [9.17, 15) is 4.79 Å². The Bertz CT molecular complexity index is 556. The number of hydrogen-bond donors (Lipinski definition) is 2. The Labute approximate surface area is 115 Å². The largest absolute Gasteiger partial charge is 0.494 e. The van der Waals surface area contributed by atoms with E-state index in [-0.39, 0.29) is 18.3 Å². The third kappa shape index (κ3) is 2.90. The Morgan fingerprint density at radius 3 is 2.89 bits per heavy atom. The summed E-state index contributed by atoms with van der Waals surface area (Å²) in [5.74, 6) is 0.447. The molecule has 0 unspecified atom stereocenters. The van der Waals surface area contributed by atoms with Crippen molar-refractivity contribution in [2.24, 2.45) is 5.73 Å². The number of carbonyl (C=O) groups is 1. The van der Waals surface area contributed by atoms with E-state index in [2.05, 4.69) is 10.3 Å². The lowest BCUT2D eigenvalue weighted by atomic mass is 10.3. The number of nitrogens with two attached hydrogens (primary N) is 1. The Morgan fingerprint density at radius 1 is 1.56 bits per heavy atom. The maximum atomic E-state index is 11.4. The van der Waals surface area contributed by atoms with Crippen LogP contribution in [0.3, 0.4) is 0 Å². The quantitative estimate of drug-likeness (QED) is 0.905. The van der Waals surface area contributed by atoms with Gasteiger partial charge in [-0.1, -0.05) is 17.4 Å². The molecule has 0 aliphatic rings. The van der Waals surface area contributed by atoms with Crippen LogP contribution in [0.4, 0.5) is 5.13 Å². The van der Waals surface area contributed by atoms with Gasteiger partial charge in [-0.25, -0.2) is 4.98 Å². The van der Waals surface area contributed by atoms with Crippen LogP contribution in [0.5, 0.6) is 5.75 Å². The second-order valence-corrected chi connectivity index (χ2v) is 4.63. The number of thiazole rings is 1. The van der Waals surface area contributed by atoms with Gasteiger partial charge in [0.15, 0.2) is 5.13 Å². The smallest absolute Gasteiger partial charge is 0.242 e. The number of hydrogen-bond acceptors (Lipinski definition) is 5. The van der Waals surface area contributed by atoms with E-state index in [0.717, 1.165) is 10.2 Å². The van der Waals surface area contributed by atoms with Crippen molar-refractivity contribution in [1.82, 2.24) is 4.98 Å². The molecule has 1 atom stereocenters. The fraction of sp³-hybridized carbons (Fsp3) is 0.273. The monoisotopic (exact) mass is 287 g/mol. The topological polar surface area (TPSA) is 77.2 Å². The first kappa shape index (κ1) is 14.7. The molecular formula is C11H14ClN3O2S. The third-order valence-corrected chi connectivity index (χ3v) is 3.18. The van der Waals surface area contributed by atoms with Crippen molar-refractivity contribution >= 4 is 45.0 Å². The van der Waals surface area contributed by atoms with Crippen LogP contribution in [0.2, 0.25) is 0 Å². The second-order valence-electron chi connectivity index (χ2n) is 3.60. The zero-order chi connectivity index (χ0) is 12.4. The van der Waals surface area contributed by atoms with Crippen molar-refractivity contribution in [3.8, 4) is 5.75 Å². The van der Waals surface area contributed by atoms with Gasteiger partial charge in [0.1, 0.15) is 11.3 Å². The highest BCUT2D eigenvalue weighted by atomic mass is 35.5. The van der Waals surface area contributed by atoms with Crippen molar-refractivity contribution in [2.75, 3.05) is 12.4 Å². The molecule has 0 spiro atoms. The first-order valence-electron chi connectivity index (χ1n) is 5.12. The van der Waals surface area contributed by atoms with Crippen LogP contribution in [0, 0.1) is 0 Å². The maximum Gasteiger partial charge on any atom is 0.242 e. The van der Waals surface area contributed by atoms with E-state index >= 15 is 0 Å². The number of benzene rings is 1. The Morgan fingerprint density at radius 2 is 2.28 bits per heavy atom. The average Bonchev–Trinajstić information content (AvgIpc) is 2.70. The highest BCUT2D eigenvalue weighted by molar-refractivity contribution is 7.22. The SMILES string of the molecule is COc1cccc2sc(NC(=O)[C@@H](C)N)nc12.Cl. The first-order chi connectivity index (χ1) is 8.11. The summed E-state index contributed by atoms with van der Waals surface area (Å²) < 4.78 is 6.16. The number of halogens is 1. The Balaban J connectivity index is 0.00000162. The van der Waals surface area contributed by atoms with Gasteiger partial charge in [-0.15, -0.1) is 12.4 Å². The summed E-state index contributed by atoms with van der Waals surface area (Å²) in [5, 5.41) is 3.20. The van der Waals surface area contributed by atoms with Crippen molar-refractivity contribution in [2.45, 2.75) is 13.0 Å². The van der Waals surface area contributed by atoms with Gasteiger partial charge in [0.05, 0.1) is 17.9 Å². The van der Waals surface area contributed by atoms with E-state index in [1.54, 1.807) is 14.0 Å². The summed E-state index contributed by atoms with van der Waals surface area (Å²) in [5.41, 5.74) is 6.22. The molecule has 0 bridgehead atoms. The van der Waals surface area contributed by atoms with Crippen molar-refractivity contribution < 1.29 is 9.53 Å². The molecule has 18 heavy (non-hydrogen) atoms. The van der Waals surface area contributed by atoms with Gasteiger partial charge in [0.2, 0.25) is 5.91 Å². The number of carbonyl (C=O) groups excluding carboxylic acids is 1. The van der Waals surface area contributed by atoms with Gasteiger partial charge in [-0.2, -0.15) is 0 Å². The van der Waals surface area contributed by atoms with Crippen LogP contribution >= 0.6 is 23.7 Å². The molecule has 2 rings (SSSR count). The zero-order valence-electron chi connectivity index (χ0n) is 9.97. The molecule has 1 heterocycles. The lowest BCUT2D eigenvalue weighted by Gasteiger charge is -2.03. The zero-order valence-corrected chi connectivity index (χ0v) is 11.6. The lowest BCUT2D eigenvalue weighted by molar-refractivity contribution is -0.117. The van der Waals surface area contributed by atoms with Gasteiger partial charge in [0.25, 0.3) is 0 Å². The van der Waals surface area contributed by atoms with Crippen LogP contribution in [0.1, 0.15) is 6.92 Å². The number of methoxy groups -OCH3 is 1. The van der Waals surface area contributed by atoms with E-state index in [4.69, 9.17) is 10.5 Å². The van der Waals surface area contributed by atoms with E-state index < -0.39 is 6.04 Å². The molecule has 0 saturated heterocycles. The van der Waals surface area contributed by atoms with Crippen molar-refractivity contribution in [3.63, 3.8) is 0 Å². The van der Waals surface area contributed by atoms with Gasteiger partial charge < -0.3 is 15.8 Å². The minimum absolute atomic E-state index is 0. The summed E-state index contributed by atoms with van der Waals surface area (Å²) in [6.07, 6.45) is 0. The standard InChI is InChI=1S/C11H13N3O2S.ClH/c1-6(12)10(15)14-11-13-9-7(16-2)4-3-5-8(9)17-11;/h3-6H,12H2,1-2H3,(H,13,14,15);1H/t6-;/m1./s1. The average molecular weight is 288 g/mol. The predicted octanol–water partition coefficient (Wildman–Crippen LogP) is 2.01. The maximum absolute atomic E-state index is 11.4. The second kappa shape index (κ2) is 5.99. The number of rotatable bonds is 3. The molecule has 5 nitrogen and oxygen atoms in total. The van der Waals surface area contributed by atoms with E-state index in [1.165, 1.54) is 11.3 Å². The minimum atomic E-state index is -0.552. The Hall–Kier alpha value is -1.37. The fourth-order valence-corrected chi connectivity index (χ4v) is 2.25. The highest BCUT2D eigenvalue weighted by Crippen LogP contribution is 2.31. The molecule has 0 fully saturated rings. The number of nitrogens with one attached hydrogen (secondary N) is 1. The fourth-order valence-electron chi connectivity index (χ4n) is 1.36. The normalized spacial score (nSPS) is 11.7. The number of nitrogens with zero attached hydrogens (tertiary/aromatic N) is 1. The number of aromatic nitrogens is 1. The molecule has 98 valence electrons. The molecule has 0 aliphatic heterocycles. The summed E-state index contributed by atoms with van der Waals surface area (Å²) in [6, 6.07) is 5.09. The molecule has 0 radical (unpaired) electrons. The van der Waals surface area contributed by atoms with E-state index in [1.807, 2.05) is 18.2 Å². The molecule has 0 saturated carbocycles. The van der Waals surface area contributed by atoms with Gasteiger partial charge >= 0.3 is 0 Å². The molecule has 2 aromatic rings. The number of anilines is 1. The summed E-state index contributed by atoms with van der Waals surface area (Å²) in [6.45, 7) is 1.63. The molecule has 1 amide bonds. The van der Waals surface area contributed by atoms with Crippen LogP contribution in [-0.4, -0.2) is 24.0 Å². The van der Waals surface area contributed by atoms with Gasteiger partial charge in [0, 0.05) is 0 Å². The van der Waals surface area contributed by atoms with Crippen molar-refractivity contribution in [1.29, 1.82) is 0 Å². The lowest BCUT2D eigenvalue weighted by Crippen LogP contribution is -2.32. The number of ether oxygens (including phenoxy) is 1. The van der Waals surface area contributed by atoms with Crippen LogP contribution < -0.4 is 15.8 Å². The first-order valence-corrected chi connectivity index (χ1v) is 5.93. The molecule has 1 aromatic carbocycles. The number of amides is 1. The van der Waals surface area contributed by atoms with E-state index in [0.29, 0.717) is 10.9 Å². The molecule has 7 heteroatoms. The minimum Gasteiger partial charge on any atom is -0.494 e. The number of para-hydroxylation sites is 1. The van der Waals surface area contributed by atoms with Gasteiger partial charge in [-0.3, -0.25) is 4.79 Å². The van der Waals surface area contributed by atoms with Gasteiger partial charge in [-0.05, 0) is 19.1 Å².